The fourth-order valence-corrected chi connectivity index (χ4v) is 4.83. The Hall–Kier alpha value is -3.58. The van der Waals surface area contributed by atoms with E-state index in [1.807, 2.05) is 60.7 Å². The van der Waals surface area contributed by atoms with E-state index in [0.717, 1.165) is 23.2 Å². The molecule has 0 N–H and O–H groups in total. The Labute approximate surface area is 188 Å². The van der Waals surface area contributed by atoms with Crippen LogP contribution in [0.4, 0.5) is 0 Å². The van der Waals surface area contributed by atoms with E-state index in [-0.39, 0.29) is 11.3 Å². The summed E-state index contributed by atoms with van der Waals surface area (Å²) in [6, 6.07) is 22.7. The fraction of sp³-hybridized carbons (Fsp3) is 0.160. The zero-order valence-corrected chi connectivity index (χ0v) is 18.3. The van der Waals surface area contributed by atoms with E-state index in [9.17, 15) is 9.59 Å². The number of para-hydroxylation sites is 4. The molecule has 3 aromatic carbocycles. The number of hydrogen-bond acceptors (Lipinski definition) is 5. The Balaban J connectivity index is 1.56. The highest BCUT2D eigenvalue weighted by atomic mass is 32.2. The molecule has 32 heavy (non-hydrogen) atoms. The lowest BCUT2D eigenvalue weighted by Gasteiger charge is -2.16. The number of thioether (sulfide) groups is 1. The molecular weight excluding hydrogens is 422 g/mol. The first-order chi connectivity index (χ1) is 15.7. The lowest BCUT2D eigenvalue weighted by atomic mass is 10.1. The van der Waals surface area contributed by atoms with Crippen molar-refractivity contribution >= 4 is 33.8 Å². The molecule has 0 unspecified atom stereocenters. The van der Waals surface area contributed by atoms with Crippen LogP contribution in [0.15, 0.2) is 92.0 Å². The average molecular weight is 444 g/mol. The predicted octanol–water partition coefficient (Wildman–Crippen LogP) is 4.65. The molecule has 0 aliphatic rings. The van der Waals surface area contributed by atoms with Crippen LogP contribution in [0, 0.1) is 0 Å². The highest BCUT2D eigenvalue weighted by Crippen LogP contribution is 2.24. The third kappa shape index (κ3) is 3.54. The molecular formula is C25H21N3O3S. The minimum absolute atomic E-state index is 0.0927. The molecule has 7 heteroatoms. The van der Waals surface area contributed by atoms with Crippen molar-refractivity contribution in [1.82, 2.24) is 14.1 Å². The molecule has 0 atom stereocenters. The van der Waals surface area contributed by atoms with Crippen LogP contribution in [0.2, 0.25) is 0 Å². The SMILES string of the molecule is CCc1ccccc1-n1c(SCCn2c(=O)oc3ccccc32)nc2ccccc2c1=O. The fourth-order valence-electron chi connectivity index (χ4n) is 3.90. The van der Waals surface area contributed by atoms with Crippen LogP contribution in [0.3, 0.4) is 0 Å². The van der Waals surface area contributed by atoms with E-state index in [4.69, 9.17) is 9.40 Å². The van der Waals surface area contributed by atoms with Crippen molar-refractivity contribution in [3.05, 3.63) is 99.3 Å². The Morgan fingerprint density at radius 1 is 0.938 bits per heavy atom. The summed E-state index contributed by atoms with van der Waals surface area (Å²) in [5.41, 5.74) is 3.82. The highest BCUT2D eigenvalue weighted by molar-refractivity contribution is 7.99. The molecule has 0 aliphatic heterocycles. The van der Waals surface area contributed by atoms with Crippen LogP contribution in [0.25, 0.3) is 27.7 Å². The number of aromatic nitrogens is 3. The van der Waals surface area contributed by atoms with E-state index in [1.165, 1.54) is 11.8 Å². The van der Waals surface area contributed by atoms with Gasteiger partial charge < -0.3 is 4.42 Å². The molecule has 0 amide bonds. The van der Waals surface area contributed by atoms with Crippen LogP contribution >= 0.6 is 11.8 Å². The molecule has 5 rings (SSSR count). The van der Waals surface area contributed by atoms with Crippen molar-refractivity contribution < 1.29 is 4.42 Å². The Bertz CT molecular complexity index is 1550. The van der Waals surface area contributed by atoms with Crippen molar-refractivity contribution in [2.75, 3.05) is 5.75 Å². The molecule has 6 nitrogen and oxygen atoms in total. The van der Waals surface area contributed by atoms with Crippen molar-refractivity contribution in [2.24, 2.45) is 0 Å². The first-order valence-electron chi connectivity index (χ1n) is 10.5. The molecule has 0 fully saturated rings. The third-order valence-corrected chi connectivity index (χ3v) is 6.40. The molecule has 0 bridgehead atoms. The van der Waals surface area contributed by atoms with Gasteiger partial charge in [-0.2, -0.15) is 0 Å². The highest BCUT2D eigenvalue weighted by Gasteiger charge is 2.16. The lowest BCUT2D eigenvalue weighted by molar-refractivity contribution is 0.514. The number of hydrogen-bond donors (Lipinski definition) is 0. The van der Waals surface area contributed by atoms with Crippen LogP contribution in [-0.4, -0.2) is 19.9 Å². The number of rotatable bonds is 6. The molecule has 160 valence electrons. The van der Waals surface area contributed by atoms with Gasteiger partial charge in [0.15, 0.2) is 10.7 Å². The van der Waals surface area contributed by atoms with Crippen LogP contribution < -0.4 is 11.3 Å². The summed E-state index contributed by atoms with van der Waals surface area (Å²) in [5.74, 6) is 0.176. The van der Waals surface area contributed by atoms with Crippen LogP contribution in [-0.2, 0) is 13.0 Å². The van der Waals surface area contributed by atoms with Crippen molar-refractivity contribution in [2.45, 2.75) is 25.0 Å². The van der Waals surface area contributed by atoms with Gasteiger partial charge >= 0.3 is 5.76 Å². The predicted molar refractivity (Wildman–Crippen MR) is 128 cm³/mol. The summed E-state index contributed by atoms with van der Waals surface area (Å²) < 4.78 is 8.64. The number of fused-ring (bicyclic) bond motifs is 2. The molecule has 0 aliphatic carbocycles. The maximum atomic E-state index is 13.5. The van der Waals surface area contributed by atoms with Gasteiger partial charge in [0.25, 0.3) is 5.56 Å². The van der Waals surface area contributed by atoms with Gasteiger partial charge in [0, 0.05) is 12.3 Å². The van der Waals surface area contributed by atoms with Gasteiger partial charge in [-0.25, -0.2) is 9.78 Å². The maximum absolute atomic E-state index is 13.5. The van der Waals surface area contributed by atoms with E-state index in [1.54, 1.807) is 21.3 Å². The van der Waals surface area contributed by atoms with Gasteiger partial charge in [-0.1, -0.05) is 61.2 Å². The van der Waals surface area contributed by atoms with Gasteiger partial charge in [-0.15, -0.1) is 0 Å². The zero-order valence-electron chi connectivity index (χ0n) is 17.5. The number of oxazole rings is 1. The largest absolute Gasteiger partial charge is 0.419 e. The van der Waals surface area contributed by atoms with Gasteiger partial charge in [-0.3, -0.25) is 13.9 Å². The minimum Gasteiger partial charge on any atom is -0.408 e. The number of benzene rings is 3. The first kappa shape index (κ1) is 20.3. The second-order valence-electron chi connectivity index (χ2n) is 7.37. The summed E-state index contributed by atoms with van der Waals surface area (Å²) in [5, 5.41) is 1.19. The number of nitrogens with zero attached hydrogens (tertiary/aromatic N) is 3. The van der Waals surface area contributed by atoms with Gasteiger partial charge in [0.2, 0.25) is 0 Å². The van der Waals surface area contributed by atoms with Crippen molar-refractivity contribution in [3.8, 4) is 5.69 Å². The monoisotopic (exact) mass is 443 g/mol. The quantitative estimate of drug-likeness (QED) is 0.282. The maximum Gasteiger partial charge on any atom is 0.419 e. The second kappa shape index (κ2) is 8.51. The molecule has 0 saturated heterocycles. The Morgan fingerprint density at radius 2 is 1.69 bits per heavy atom. The summed E-state index contributed by atoms with van der Waals surface area (Å²) in [6.07, 6.45) is 0.802. The van der Waals surface area contributed by atoms with Crippen LogP contribution in [0.5, 0.6) is 0 Å². The topological polar surface area (TPSA) is 70.0 Å². The smallest absolute Gasteiger partial charge is 0.408 e. The standard InChI is InChI=1S/C25H21N3O3S/c1-2-17-9-3-6-12-20(17)28-23(29)18-10-4-5-11-19(18)26-24(28)32-16-15-27-21-13-7-8-14-22(21)31-25(27)30/h3-14H,2,15-16H2,1H3. The third-order valence-electron chi connectivity index (χ3n) is 5.48. The van der Waals surface area contributed by atoms with E-state index < -0.39 is 0 Å². The van der Waals surface area contributed by atoms with Gasteiger partial charge in [-0.05, 0) is 42.3 Å². The van der Waals surface area contributed by atoms with Crippen molar-refractivity contribution in [1.29, 1.82) is 0 Å². The van der Waals surface area contributed by atoms with Crippen molar-refractivity contribution in [3.63, 3.8) is 0 Å². The molecule has 2 aromatic heterocycles. The van der Waals surface area contributed by atoms with E-state index >= 15 is 0 Å². The summed E-state index contributed by atoms with van der Waals surface area (Å²) >= 11 is 1.46. The zero-order chi connectivity index (χ0) is 22.1. The summed E-state index contributed by atoms with van der Waals surface area (Å²) in [6.45, 7) is 2.51. The van der Waals surface area contributed by atoms with Crippen LogP contribution in [0.1, 0.15) is 12.5 Å². The minimum atomic E-state index is -0.382. The van der Waals surface area contributed by atoms with E-state index in [0.29, 0.717) is 33.9 Å². The molecule has 0 spiro atoms. The molecule has 5 aromatic rings. The number of aryl methyl sites for hydroxylation is 2. The molecule has 0 saturated carbocycles. The normalized spacial score (nSPS) is 11.4. The van der Waals surface area contributed by atoms with Gasteiger partial charge in [0.1, 0.15) is 0 Å². The summed E-state index contributed by atoms with van der Waals surface area (Å²) in [4.78, 5) is 30.6. The first-order valence-corrected chi connectivity index (χ1v) is 11.5. The Kier molecular flexibility index (Phi) is 5.41. The molecule has 2 heterocycles. The molecule has 0 radical (unpaired) electrons. The Morgan fingerprint density at radius 3 is 2.56 bits per heavy atom. The van der Waals surface area contributed by atoms with Gasteiger partial charge in [0.05, 0.1) is 22.1 Å². The van der Waals surface area contributed by atoms with E-state index in [2.05, 4.69) is 6.92 Å². The second-order valence-corrected chi connectivity index (χ2v) is 8.43. The summed E-state index contributed by atoms with van der Waals surface area (Å²) in [7, 11) is 0. The average Bonchev–Trinajstić information content (AvgIpc) is 3.14. The lowest BCUT2D eigenvalue weighted by Crippen LogP contribution is -2.23.